The third kappa shape index (κ3) is 6.94. The largest absolute Gasteiger partial charge is 0.449 e. The molecule has 3 aromatic carbocycles. The lowest BCUT2D eigenvalue weighted by Crippen LogP contribution is -2.38. The van der Waals surface area contributed by atoms with Crippen LogP contribution in [0.15, 0.2) is 54.6 Å². The van der Waals surface area contributed by atoms with Crippen LogP contribution in [0.1, 0.15) is 81.8 Å². The van der Waals surface area contributed by atoms with Gasteiger partial charge in [0.25, 0.3) is 0 Å². The Kier molecular flexibility index (Phi) is 11.5. The van der Waals surface area contributed by atoms with Gasteiger partial charge < -0.3 is 19.4 Å². The molecule has 0 bridgehead atoms. The highest BCUT2D eigenvalue weighted by Crippen LogP contribution is 2.43. The molecule has 0 atom stereocenters. The number of hydrogen-bond donors (Lipinski definition) is 0. The van der Waals surface area contributed by atoms with Gasteiger partial charge in [-0.15, -0.1) is 0 Å². The Labute approximate surface area is 255 Å². The number of aryl methyl sites for hydroxylation is 3. The summed E-state index contributed by atoms with van der Waals surface area (Å²) in [6, 6.07) is 19.9. The van der Waals surface area contributed by atoms with E-state index in [-0.39, 0.29) is 5.97 Å². The van der Waals surface area contributed by atoms with Gasteiger partial charge in [0.05, 0.1) is 0 Å². The van der Waals surface area contributed by atoms with Crippen molar-refractivity contribution in [3.63, 3.8) is 0 Å². The van der Waals surface area contributed by atoms with E-state index in [0.29, 0.717) is 6.42 Å². The zero-order valence-electron chi connectivity index (χ0n) is 27.8. The third-order valence-electron chi connectivity index (χ3n) is 8.76. The van der Waals surface area contributed by atoms with Crippen LogP contribution in [0, 0.1) is 20.8 Å². The Morgan fingerprint density at radius 2 is 0.952 bits per heavy atom. The first-order chi connectivity index (χ1) is 20.1. The lowest BCUT2D eigenvalue weighted by atomic mass is 9.76. The molecule has 0 aliphatic carbocycles. The van der Waals surface area contributed by atoms with Crippen LogP contribution in [-0.2, 0) is 21.6 Å². The number of nitrogens with zero attached hydrogens (tertiary/aromatic N) is 3. The molecule has 0 saturated heterocycles. The molecule has 5 heteroatoms. The zero-order valence-corrected chi connectivity index (χ0v) is 27.8. The van der Waals surface area contributed by atoms with E-state index in [1.54, 1.807) is 0 Å². The van der Waals surface area contributed by atoms with E-state index in [2.05, 4.69) is 132 Å². The number of anilines is 3. The van der Waals surface area contributed by atoms with Gasteiger partial charge in [0.15, 0.2) is 5.60 Å². The topological polar surface area (TPSA) is 36.0 Å². The molecule has 5 nitrogen and oxygen atoms in total. The van der Waals surface area contributed by atoms with E-state index in [9.17, 15) is 4.79 Å². The summed E-state index contributed by atoms with van der Waals surface area (Å²) in [6.07, 6.45) is 0.549. The summed E-state index contributed by atoms with van der Waals surface area (Å²) in [5, 5.41) is 0. The van der Waals surface area contributed by atoms with Crippen molar-refractivity contribution >= 4 is 23.0 Å². The van der Waals surface area contributed by atoms with Crippen LogP contribution in [0.2, 0.25) is 0 Å². The van der Waals surface area contributed by atoms with Crippen LogP contribution in [0.25, 0.3) is 0 Å². The van der Waals surface area contributed by atoms with Gasteiger partial charge in [-0.05, 0) is 121 Å². The van der Waals surface area contributed by atoms with Gasteiger partial charge in [0.1, 0.15) is 0 Å². The molecule has 0 aromatic heterocycles. The maximum absolute atomic E-state index is 13.0. The number of ether oxygens (including phenoxy) is 1. The SMILES string of the molecule is CCN(CC)c1ccc(CC(OC(C)=O)(c2ccc(N(CC)CC)cc2C)c2ccc(N(CC)CC)cc2C)c(C)c1. The predicted molar refractivity (Wildman–Crippen MR) is 180 cm³/mol. The summed E-state index contributed by atoms with van der Waals surface area (Å²) >= 11 is 0. The van der Waals surface area contributed by atoms with Crippen LogP contribution in [-0.4, -0.2) is 45.2 Å². The van der Waals surface area contributed by atoms with Gasteiger partial charge in [-0.1, -0.05) is 18.2 Å². The zero-order chi connectivity index (χ0) is 31.0. The molecule has 228 valence electrons. The van der Waals surface area contributed by atoms with Crippen molar-refractivity contribution in [1.82, 2.24) is 0 Å². The molecule has 3 aromatic rings. The molecule has 42 heavy (non-hydrogen) atoms. The second-order valence-corrected chi connectivity index (χ2v) is 11.2. The Bertz CT molecular complexity index is 1280. The van der Waals surface area contributed by atoms with Gasteiger partial charge in [-0.25, -0.2) is 0 Å². The second kappa shape index (κ2) is 14.6. The summed E-state index contributed by atoms with van der Waals surface area (Å²) in [7, 11) is 0. The predicted octanol–water partition coefficient (Wildman–Crippen LogP) is 8.20. The molecule has 0 saturated carbocycles. The van der Waals surface area contributed by atoms with Gasteiger partial charge >= 0.3 is 5.97 Å². The summed E-state index contributed by atoms with van der Waals surface area (Å²) < 4.78 is 6.58. The smallest absolute Gasteiger partial charge is 0.303 e. The molecule has 0 unspecified atom stereocenters. The lowest BCUT2D eigenvalue weighted by molar-refractivity contribution is -0.154. The number of benzene rings is 3. The van der Waals surface area contributed by atoms with Crippen molar-refractivity contribution in [1.29, 1.82) is 0 Å². The van der Waals surface area contributed by atoms with Crippen LogP contribution in [0.4, 0.5) is 17.1 Å². The first-order valence-electron chi connectivity index (χ1n) is 15.8. The number of rotatable bonds is 14. The number of hydrogen-bond acceptors (Lipinski definition) is 5. The first kappa shape index (κ1) is 33.0. The maximum Gasteiger partial charge on any atom is 0.303 e. The fourth-order valence-electron chi connectivity index (χ4n) is 6.43. The average Bonchev–Trinajstić information content (AvgIpc) is 2.96. The van der Waals surface area contributed by atoms with Gasteiger partial charge in [-0.3, -0.25) is 4.79 Å². The molecule has 0 N–H and O–H groups in total. The normalized spacial score (nSPS) is 11.4. The monoisotopic (exact) mass is 571 g/mol. The van der Waals surface area contributed by atoms with Crippen molar-refractivity contribution in [2.24, 2.45) is 0 Å². The fourth-order valence-corrected chi connectivity index (χ4v) is 6.43. The van der Waals surface area contributed by atoms with Crippen molar-refractivity contribution in [3.05, 3.63) is 88.0 Å². The van der Waals surface area contributed by atoms with Gasteiger partial charge in [0, 0.05) is 80.8 Å². The quantitative estimate of drug-likeness (QED) is 0.182. The molecule has 0 heterocycles. The van der Waals surface area contributed by atoms with E-state index < -0.39 is 5.60 Å². The minimum absolute atomic E-state index is 0.285. The van der Waals surface area contributed by atoms with Crippen molar-refractivity contribution < 1.29 is 9.53 Å². The van der Waals surface area contributed by atoms with Gasteiger partial charge in [0.2, 0.25) is 0 Å². The van der Waals surface area contributed by atoms with Crippen LogP contribution < -0.4 is 14.7 Å². The Balaban J connectivity index is 2.31. The molecular weight excluding hydrogens is 518 g/mol. The summed E-state index contributed by atoms with van der Waals surface area (Å²) in [6.45, 7) is 26.8. The van der Waals surface area contributed by atoms with Gasteiger partial charge in [-0.2, -0.15) is 0 Å². The van der Waals surface area contributed by atoms with E-state index in [4.69, 9.17) is 4.74 Å². The van der Waals surface area contributed by atoms with Crippen LogP contribution >= 0.6 is 0 Å². The summed E-state index contributed by atoms with van der Waals surface area (Å²) in [4.78, 5) is 20.1. The molecule has 0 amide bonds. The molecule has 0 spiro atoms. The molecular formula is C37H53N3O2. The van der Waals surface area contributed by atoms with E-state index >= 15 is 0 Å². The van der Waals surface area contributed by atoms with E-state index in [1.807, 2.05) is 0 Å². The standard InChI is InChI=1S/C37H53N3O2/c1-11-38(12-2)32-18-17-31(27(7)23-32)26-37(42-30(10)41,35-21-19-33(24-28(35)8)39(13-3)14-4)36-22-20-34(25-29(36)9)40(15-5)16-6/h17-25H,11-16,26H2,1-10H3. The molecule has 0 aliphatic heterocycles. The average molecular weight is 572 g/mol. The third-order valence-corrected chi connectivity index (χ3v) is 8.76. The number of esters is 1. The van der Waals surface area contributed by atoms with Crippen LogP contribution in [0.3, 0.4) is 0 Å². The van der Waals surface area contributed by atoms with E-state index in [1.165, 1.54) is 35.1 Å². The lowest BCUT2D eigenvalue weighted by Gasteiger charge is -2.38. The number of carbonyl (C=O) groups is 1. The molecule has 3 rings (SSSR count). The maximum atomic E-state index is 13.0. The number of carbonyl (C=O) groups excluding carboxylic acids is 1. The summed E-state index contributed by atoms with van der Waals surface area (Å²) in [5.74, 6) is -0.285. The molecule has 0 fully saturated rings. The minimum atomic E-state index is -0.981. The first-order valence-corrected chi connectivity index (χ1v) is 15.8. The highest BCUT2D eigenvalue weighted by molar-refractivity contribution is 5.69. The Hall–Kier alpha value is -3.47. The van der Waals surface area contributed by atoms with Crippen LogP contribution in [0.5, 0.6) is 0 Å². The van der Waals surface area contributed by atoms with Crippen molar-refractivity contribution in [3.8, 4) is 0 Å². The fraction of sp³-hybridized carbons (Fsp3) is 0.486. The Morgan fingerprint density at radius 3 is 1.26 bits per heavy atom. The highest BCUT2D eigenvalue weighted by Gasteiger charge is 2.41. The molecule has 0 aliphatic rings. The Morgan fingerprint density at radius 1 is 0.595 bits per heavy atom. The van der Waals surface area contributed by atoms with E-state index in [0.717, 1.165) is 61.5 Å². The highest BCUT2D eigenvalue weighted by atomic mass is 16.6. The van der Waals surface area contributed by atoms with Crippen molar-refractivity contribution in [2.75, 3.05) is 54.0 Å². The second-order valence-electron chi connectivity index (χ2n) is 11.2. The van der Waals surface area contributed by atoms with Crippen molar-refractivity contribution in [2.45, 2.75) is 81.3 Å². The minimum Gasteiger partial charge on any atom is -0.449 e. The molecule has 0 radical (unpaired) electrons. The summed E-state index contributed by atoms with van der Waals surface area (Å²) in [5.41, 5.74) is 9.27.